The molecule has 2 aromatic rings. The van der Waals surface area contributed by atoms with Crippen LogP contribution in [0.3, 0.4) is 0 Å². The van der Waals surface area contributed by atoms with Crippen molar-refractivity contribution in [2.45, 2.75) is 24.2 Å². The van der Waals surface area contributed by atoms with E-state index < -0.39 is 10.0 Å². The van der Waals surface area contributed by atoms with Crippen LogP contribution in [-0.4, -0.2) is 30.8 Å². The van der Waals surface area contributed by atoms with E-state index in [-0.39, 0.29) is 0 Å². The van der Waals surface area contributed by atoms with Crippen molar-refractivity contribution in [3.05, 3.63) is 65.5 Å². The lowest BCUT2D eigenvalue weighted by atomic mass is 10.1. The molecular weight excluding hydrogens is 308 g/mol. The molecule has 0 spiro atoms. The van der Waals surface area contributed by atoms with Gasteiger partial charge in [-0.15, -0.1) is 0 Å². The average molecular weight is 326 g/mol. The SMILES string of the molecule is O=S(=O)(c1ccc2c(c1)CCC2)N1CC=C(c2cccnc2)C1. The van der Waals surface area contributed by atoms with E-state index in [0.717, 1.165) is 30.4 Å². The average Bonchev–Trinajstić information content (AvgIpc) is 3.24. The molecule has 0 saturated heterocycles. The minimum Gasteiger partial charge on any atom is -0.264 e. The van der Waals surface area contributed by atoms with E-state index >= 15 is 0 Å². The van der Waals surface area contributed by atoms with Crippen molar-refractivity contribution < 1.29 is 8.42 Å². The second-order valence-corrected chi connectivity index (χ2v) is 7.99. The highest BCUT2D eigenvalue weighted by Crippen LogP contribution is 2.29. The van der Waals surface area contributed by atoms with E-state index in [4.69, 9.17) is 0 Å². The van der Waals surface area contributed by atoms with E-state index in [0.29, 0.717) is 18.0 Å². The fraction of sp³-hybridized carbons (Fsp3) is 0.278. The Morgan fingerprint density at radius 1 is 1.09 bits per heavy atom. The number of sulfonamides is 1. The number of nitrogens with zero attached hydrogens (tertiary/aromatic N) is 2. The summed E-state index contributed by atoms with van der Waals surface area (Å²) in [5.41, 5.74) is 4.48. The fourth-order valence-corrected chi connectivity index (χ4v) is 4.74. The van der Waals surface area contributed by atoms with Crippen LogP contribution in [0.4, 0.5) is 0 Å². The molecule has 5 heteroatoms. The maximum atomic E-state index is 12.9. The summed E-state index contributed by atoms with van der Waals surface area (Å²) in [6.07, 6.45) is 8.64. The maximum Gasteiger partial charge on any atom is 0.243 e. The number of benzene rings is 1. The molecule has 118 valence electrons. The van der Waals surface area contributed by atoms with Crippen molar-refractivity contribution in [3.8, 4) is 0 Å². The zero-order valence-electron chi connectivity index (χ0n) is 12.8. The van der Waals surface area contributed by atoms with E-state index in [1.807, 2.05) is 30.3 Å². The van der Waals surface area contributed by atoms with Crippen molar-refractivity contribution in [1.29, 1.82) is 0 Å². The van der Waals surface area contributed by atoms with Crippen molar-refractivity contribution in [2.75, 3.05) is 13.1 Å². The van der Waals surface area contributed by atoms with Gasteiger partial charge in [0.2, 0.25) is 10.0 Å². The van der Waals surface area contributed by atoms with Crippen molar-refractivity contribution in [2.24, 2.45) is 0 Å². The minimum atomic E-state index is -3.44. The van der Waals surface area contributed by atoms with Gasteiger partial charge in [-0.3, -0.25) is 4.98 Å². The van der Waals surface area contributed by atoms with Gasteiger partial charge in [0.05, 0.1) is 4.90 Å². The summed E-state index contributed by atoms with van der Waals surface area (Å²) in [4.78, 5) is 4.52. The summed E-state index contributed by atoms with van der Waals surface area (Å²) in [6, 6.07) is 9.42. The number of rotatable bonds is 3. The number of hydrogen-bond acceptors (Lipinski definition) is 3. The first-order valence-corrected chi connectivity index (χ1v) is 9.30. The Labute approximate surface area is 136 Å². The van der Waals surface area contributed by atoms with Crippen molar-refractivity contribution in [1.82, 2.24) is 9.29 Å². The Balaban J connectivity index is 1.59. The lowest BCUT2D eigenvalue weighted by Gasteiger charge is -2.17. The number of fused-ring (bicyclic) bond motifs is 1. The number of aryl methyl sites for hydroxylation is 2. The molecule has 0 bridgehead atoms. The molecule has 4 nitrogen and oxygen atoms in total. The summed E-state index contributed by atoms with van der Waals surface area (Å²) >= 11 is 0. The summed E-state index contributed by atoms with van der Waals surface area (Å²) < 4.78 is 27.3. The third-order valence-corrected chi connectivity index (χ3v) is 6.44. The zero-order valence-corrected chi connectivity index (χ0v) is 13.6. The summed E-state index contributed by atoms with van der Waals surface area (Å²) in [6.45, 7) is 0.828. The molecule has 1 aliphatic carbocycles. The molecule has 0 amide bonds. The smallest absolute Gasteiger partial charge is 0.243 e. The molecular formula is C18H18N2O2S. The van der Waals surface area contributed by atoms with Gasteiger partial charge in [-0.1, -0.05) is 18.2 Å². The molecule has 0 unspecified atom stereocenters. The number of aromatic nitrogens is 1. The van der Waals surface area contributed by atoms with Crippen LogP contribution in [0.5, 0.6) is 0 Å². The first kappa shape index (κ1) is 14.6. The first-order chi connectivity index (χ1) is 11.1. The van der Waals surface area contributed by atoms with Gasteiger partial charge in [-0.25, -0.2) is 8.42 Å². The summed E-state index contributed by atoms with van der Waals surface area (Å²) in [5.74, 6) is 0. The molecule has 2 aliphatic rings. The highest BCUT2D eigenvalue weighted by molar-refractivity contribution is 7.89. The second kappa shape index (κ2) is 5.58. The summed E-state index contributed by atoms with van der Waals surface area (Å²) in [5, 5.41) is 0. The van der Waals surface area contributed by atoms with Gasteiger partial charge in [0.15, 0.2) is 0 Å². The molecule has 0 atom stereocenters. The summed E-state index contributed by atoms with van der Waals surface area (Å²) in [7, 11) is -3.44. The predicted molar refractivity (Wildman–Crippen MR) is 89.4 cm³/mol. The van der Waals surface area contributed by atoms with Gasteiger partial charge in [0.25, 0.3) is 0 Å². The molecule has 0 saturated carbocycles. The van der Waals surface area contributed by atoms with Crippen LogP contribution in [-0.2, 0) is 22.9 Å². The van der Waals surface area contributed by atoms with Crippen LogP contribution in [0.15, 0.2) is 53.7 Å². The molecule has 0 radical (unpaired) electrons. The van der Waals surface area contributed by atoms with E-state index in [1.54, 1.807) is 18.5 Å². The Morgan fingerprint density at radius 2 is 1.96 bits per heavy atom. The van der Waals surface area contributed by atoms with Gasteiger partial charge in [0.1, 0.15) is 0 Å². The first-order valence-electron chi connectivity index (χ1n) is 7.86. The lowest BCUT2D eigenvalue weighted by Crippen LogP contribution is -2.29. The Kier molecular flexibility index (Phi) is 3.54. The molecule has 1 aromatic heterocycles. The van der Waals surface area contributed by atoms with Crippen molar-refractivity contribution in [3.63, 3.8) is 0 Å². The van der Waals surface area contributed by atoms with Crippen LogP contribution >= 0.6 is 0 Å². The second-order valence-electron chi connectivity index (χ2n) is 6.05. The molecule has 1 aliphatic heterocycles. The third kappa shape index (κ3) is 2.60. The Hall–Kier alpha value is -1.98. The largest absolute Gasteiger partial charge is 0.264 e. The molecule has 23 heavy (non-hydrogen) atoms. The normalized spacial score (nSPS) is 18.0. The molecule has 4 rings (SSSR count). The third-order valence-electron chi connectivity index (χ3n) is 4.63. The van der Waals surface area contributed by atoms with Gasteiger partial charge in [-0.2, -0.15) is 4.31 Å². The van der Waals surface area contributed by atoms with Gasteiger partial charge < -0.3 is 0 Å². The van der Waals surface area contributed by atoms with Gasteiger partial charge in [0, 0.05) is 25.5 Å². The van der Waals surface area contributed by atoms with E-state index in [2.05, 4.69) is 4.98 Å². The van der Waals surface area contributed by atoms with Gasteiger partial charge >= 0.3 is 0 Å². The quantitative estimate of drug-likeness (QED) is 0.871. The minimum absolute atomic E-state index is 0.408. The van der Waals surface area contributed by atoms with Crippen LogP contribution in [0.25, 0.3) is 5.57 Å². The molecule has 0 N–H and O–H groups in total. The molecule has 0 fully saturated rings. The molecule has 2 heterocycles. The molecule has 1 aromatic carbocycles. The van der Waals surface area contributed by atoms with Crippen LogP contribution in [0, 0.1) is 0 Å². The topological polar surface area (TPSA) is 50.3 Å². The van der Waals surface area contributed by atoms with Crippen LogP contribution in [0.1, 0.15) is 23.1 Å². The Morgan fingerprint density at radius 3 is 2.78 bits per heavy atom. The number of pyridine rings is 1. The lowest BCUT2D eigenvalue weighted by molar-refractivity contribution is 0.490. The van der Waals surface area contributed by atoms with Crippen molar-refractivity contribution >= 4 is 15.6 Å². The highest BCUT2D eigenvalue weighted by Gasteiger charge is 2.29. The fourth-order valence-electron chi connectivity index (χ4n) is 3.33. The van der Waals surface area contributed by atoms with Crippen LogP contribution in [0.2, 0.25) is 0 Å². The Bertz CT molecular complexity index is 873. The zero-order chi connectivity index (χ0) is 15.9. The van der Waals surface area contributed by atoms with Crippen LogP contribution < -0.4 is 0 Å². The monoisotopic (exact) mass is 326 g/mol. The standard InChI is InChI=1S/C18H18N2O2S/c21-23(22,18-7-6-14-3-1-4-15(14)11-18)20-10-8-17(13-20)16-5-2-9-19-12-16/h2,5-9,11-12H,1,3-4,10,13H2. The number of hydrogen-bond donors (Lipinski definition) is 0. The predicted octanol–water partition coefficient (Wildman–Crippen LogP) is 2.66. The highest BCUT2D eigenvalue weighted by atomic mass is 32.2. The maximum absolute atomic E-state index is 12.9. The van der Waals surface area contributed by atoms with E-state index in [9.17, 15) is 8.42 Å². The van der Waals surface area contributed by atoms with Gasteiger partial charge in [-0.05, 0) is 59.7 Å². The van der Waals surface area contributed by atoms with E-state index in [1.165, 1.54) is 15.4 Å².